The predicted octanol–water partition coefficient (Wildman–Crippen LogP) is 3.43. The first kappa shape index (κ1) is 20.1. The van der Waals surface area contributed by atoms with Crippen molar-refractivity contribution in [2.24, 2.45) is 0 Å². The highest BCUT2D eigenvalue weighted by Gasteiger charge is 2.18. The maximum atomic E-state index is 12.1. The van der Waals surface area contributed by atoms with Crippen LogP contribution in [0.25, 0.3) is 0 Å². The molecule has 0 saturated carbocycles. The number of hydrogen-bond donors (Lipinski definition) is 2. The highest BCUT2D eigenvalue weighted by atomic mass is 35.5. The largest absolute Gasteiger partial charge is 0.378 e. The molecule has 1 unspecified atom stereocenters. The molecule has 1 aliphatic rings. The second kappa shape index (κ2) is 9.50. The summed E-state index contributed by atoms with van der Waals surface area (Å²) in [5.41, 5.74) is 2.07. The van der Waals surface area contributed by atoms with Crippen molar-refractivity contribution >= 4 is 46.4 Å². The van der Waals surface area contributed by atoms with Crippen LogP contribution in [0.5, 0.6) is 0 Å². The molecule has 2 aromatic rings. The van der Waals surface area contributed by atoms with Crippen LogP contribution in [0.4, 0.5) is 5.13 Å². The van der Waals surface area contributed by atoms with Crippen LogP contribution in [-0.2, 0) is 16.0 Å². The van der Waals surface area contributed by atoms with Crippen LogP contribution in [0.1, 0.15) is 22.6 Å². The summed E-state index contributed by atoms with van der Waals surface area (Å²) in [4.78, 5) is 17.7. The number of nitrogens with one attached hydrogen (secondary N) is 2. The van der Waals surface area contributed by atoms with E-state index < -0.39 is 0 Å². The molecule has 1 aromatic carbocycles. The van der Waals surface area contributed by atoms with E-state index in [1.54, 1.807) is 0 Å². The Morgan fingerprint density at radius 3 is 3.08 bits per heavy atom. The number of amides is 1. The van der Waals surface area contributed by atoms with Crippen molar-refractivity contribution < 1.29 is 9.53 Å². The Morgan fingerprint density at radius 1 is 1.52 bits per heavy atom. The van der Waals surface area contributed by atoms with Crippen LogP contribution in [-0.4, -0.2) is 36.7 Å². The van der Waals surface area contributed by atoms with Gasteiger partial charge in [-0.3, -0.25) is 4.79 Å². The summed E-state index contributed by atoms with van der Waals surface area (Å²) in [6.45, 7) is 4.03. The molecule has 0 radical (unpaired) electrons. The zero-order valence-corrected chi connectivity index (χ0v) is 16.3. The summed E-state index contributed by atoms with van der Waals surface area (Å²) in [5.74, 6) is -0.0407. The van der Waals surface area contributed by atoms with Crippen molar-refractivity contribution in [3.8, 4) is 0 Å². The SMILES string of the molecule is Cc1nc(NC(=O)CC2COCCN2)sc1Cc1cccc(Cl)c1.Cl. The van der Waals surface area contributed by atoms with E-state index in [9.17, 15) is 4.79 Å². The normalized spacial score (nSPS) is 17.0. The van der Waals surface area contributed by atoms with Gasteiger partial charge < -0.3 is 15.4 Å². The van der Waals surface area contributed by atoms with Crippen LogP contribution in [0.3, 0.4) is 0 Å². The van der Waals surface area contributed by atoms with Gasteiger partial charge in [0.05, 0.1) is 18.9 Å². The molecule has 1 aromatic heterocycles. The number of carbonyl (C=O) groups is 1. The molecular formula is C17H21Cl2N3O2S. The highest BCUT2D eigenvalue weighted by Crippen LogP contribution is 2.26. The number of nitrogens with zero attached hydrogens (tertiary/aromatic N) is 1. The summed E-state index contributed by atoms with van der Waals surface area (Å²) in [5, 5.41) is 7.54. The van der Waals surface area contributed by atoms with Gasteiger partial charge in [-0.25, -0.2) is 4.98 Å². The highest BCUT2D eigenvalue weighted by molar-refractivity contribution is 7.15. The molecule has 0 bridgehead atoms. The number of aryl methyl sites for hydroxylation is 1. The number of carbonyl (C=O) groups excluding carboxylic acids is 1. The fraction of sp³-hybridized carbons (Fsp3) is 0.412. The lowest BCUT2D eigenvalue weighted by atomic mass is 10.1. The molecule has 3 rings (SSSR count). The molecule has 1 amide bonds. The first-order chi connectivity index (χ1) is 11.6. The predicted molar refractivity (Wildman–Crippen MR) is 104 cm³/mol. The summed E-state index contributed by atoms with van der Waals surface area (Å²) < 4.78 is 5.37. The van der Waals surface area contributed by atoms with E-state index in [-0.39, 0.29) is 24.4 Å². The molecule has 8 heteroatoms. The monoisotopic (exact) mass is 401 g/mol. The Hall–Kier alpha value is -1.18. The van der Waals surface area contributed by atoms with E-state index in [0.717, 1.165) is 34.1 Å². The van der Waals surface area contributed by atoms with E-state index in [2.05, 4.69) is 15.6 Å². The molecule has 2 heterocycles. The van der Waals surface area contributed by atoms with Crippen LogP contribution >= 0.6 is 35.3 Å². The first-order valence-corrected chi connectivity index (χ1v) is 9.11. The van der Waals surface area contributed by atoms with Gasteiger partial charge in [0.25, 0.3) is 0 Å². The molecule has 0 spiro atoms. The fourth-order valence-corrected chi connectivity index (χ4v) is 3.85. The van der Waals surface area contributed by atoms with Gasteiger partial charge >= 0.3 is 0 Å². The van der Waals surface area contributed by atoms with Crippen LogP contribution in [0.15, 0.2) is 24.3 Å². The summed E-state index contributed by atoms with van der Waals surface area (Å²) in [7, 11) is 0. The first-order valence-electron chi connectivity index (χ1n) is 7.92. The van der Waals surface area contributed by atoms with E-state index in [4.69, 9.17) is 16.3 Å². The maximum absolute atomic E-state index is 12.1. The lowest BCUT2D eigenvalue weighted by Gasteiger charge is -2.22. The number of morpholine rings is 1. The third-order valence-electron chi connectivity index (χ3n) is 3.82. The Morgan fingerprint density at radius 2 is 2.36 bits per heavy atom. The smallest absolute Gasteiger partial charge is 0.227 e. The van der Waals surface area contributed by atoms with Crippen molar-refractivity contribution in [2.45, 2.75) is 25.8 Å². The third-order valence-corrected chi connectivity index (χ3v) is 5.13. The van der Waals surface area contributed by atoms with E-state index in [1.165, 1.54) is 11.3 Å². The minimum atomic E-state index is -0.0407. The number of halogens is 2. The average Bonchev–Trinajstić information content (AvgIpc) is 2.87. The molecule has 0 aliphatic carbocycles. The minimum Gasteiger partial charge on any atom is -0.378 e. The molecule has 1 fully saturated rings. The summed E-state index contributed by atoms with van der Waals surface area (Å²) in [6.07, 6.45) is 1.15. The molecule has 25 heavy (non-hydrogen) atoms. The number of rotatable bonds is 5. The van der Waals surface area contributed by atoms with Gasteiger partial charge in [0.15, 0.2) is 5.13 Å². The van der Waals surface area contributed by atoms with E-state index >= 15 is 0 Å². The van der Waals surface area contributed by atoms with Gasteiger partial charge in [-0.1, -0.05) is 23.7 Å². The standard InChI is InChI=1S/C17H20ClN3O2S.ClH/c1-11-15(8-12-3-2-4-13(18)7-12)24-17(20-11)21-16(22)9-14-10-23-6-5-19-14;/h2-4,7,14,19H,5-6,8-10H2,1H3,(H,20,21,22);1H. The zero-order valence-electron chi connectivity index (χ0n) is 13.9. The molecule has 1 aliphatic heterocycles. The maximum Gasteiger partial charge on any atom is 0.227 e. The zero-order chi connectivity index (χ0) is 16.9. The topological polar surface area (TPSA) is 63.2 Å². The lowest BCUT2D eigenvalue weighted by Crippen LogP contribution is -2.43. The Kier molecular flexibility index (Phi) is 7.65. The van der Waals surface area contributed by atoms with Crippen LogP contribution in [0, 0.1) is 6.92 Å². The quantitative estimate of drug-likeness (QED) is 0.805. The second-order valence-electron chi connectivity index (χ2n) is 5.81. The molecule has 1 atom stereocenters. The van der Waals surface area contributed by atoms with Gasteiger partial charge in [0.1, 0.15) is 0 Å². The van der Waals surface area contributed by atoms with Gasteiger partial charge in [0, 0.05) is 35.3 Å². The van der Waals surface area contributed by atoms with Gasteiger partial charge in [-0.05, 0) is 24.6 Å². The number of thiazole rings is 1. The summed E-state index contributed by atoms with van der Waals surface area (Å²) >= 11 is 7.54. The lowest BCUT2D eigenvalue weighted by molar-refractivity contribution is -0.117. The number of benzene rings is 1. The molecule has 136 valence electrons. The Bertz CT molecular complexity index is 718. The number of hydrogen-bond acceptors (Lipinski definition) is 5. The van der Waals surface area contributed by atoms with Crippen molar-refractivity contribution in [3.05, 3.63) is 45.4 Å². The van der Waals surface area contributed by atoms with Gasteiger partial charge in [-0.2, -0.15) is 0 Å². The summed E-state index contributed by atoms with van der Waals surface area (Å²) in [6, 6.07) is 7.87. The molecule has 5 nitrogen and oxygen atoms in total. The molecule has 1 saturated heterocycles. The van der Waals surface area contributed by atoms with Crippen LogP contribution < -0.4 is 10.6 Å². The van der Waals surface area contributed by atoms with E-state index in [1.807, 2.05) is 31.2 Å². The third kappa shape index (κ3) is 5.94. The van der Waals surface area contributed by atoms with Crippen molar-refractivity contribution in [2.75, 3.05) is 25.1 Å². The van der Waals surface area contributed by atoms with Crippen LogP contribution in [0.2, 0.25) is 5.02 Å². The van der Waals surface area contributed by atoms with E-state index in [0.29, 0.717) is 24.8 Å². The van der Waals surface area contributed by atoms with Gasteiger partial charge in [0.2, 0.25) is 5.91 Å². The Balaban J connectivity index is 0.00000225. The van der Waals surface area contributed by atoms with Crippen molar-refractivity contribution in [1.29, 1.82) is 0 Å². The Labute approximate surface area is 162 Å². The number of aromatic nitrogens is 1. The number of ether oxygens (including phenoxy) is 1. The minimum absolute atomic E-state index is 0. The molecule has 2 N–H and O–H groups in total. The molecular weight excluding hydrogens is 381 g/mol. The second-order valence-corrected chi connectivity index (χ2v) is 7.33. The van der Waals surface area contributed by atoms with Crippen molar-refractivity contribution in [1.82, 2.24) is 10.3 Å². The van der Waals surface area contributed by atoms with Gasteiger partial charge in [-0.15, -0.1) is 23.7 Å². The van der Waals surface area contributed by atoms with Crippen molar-refractivity contribution in [3.63, 3.8) is 0 Å². The number of anilines is 1. The fourth-order valence-electron chi connectivity index (χ4n) is 2.62. The average molecular weight is 402 g/mol.